The molecule has 4 aromatic rings. The van der Waals surface area contributed by atoms with Gasteiger partial charge in [-0.05, 0) is 42.5 Å². The number of para-hydroxylation sites is 1. The van der Waals surface area contributed by atoms with E-state index in [2.05, 4.69) is 5.10 Å². The average molecular weight is 488 g/mol. The number of nitro groups is 1. The third-order valence-electron chi connectivity index (χ3n) is 5.01. The van der Waals surface area contributed by atoms with Crippen molar-refractivity contribution in [2.45, 2.75) is 0 Å². The molecule has 0 spiro atoms. The van der Waals surface area contributed by atoms with Crippen LogP contribution in [0.15, 0.2) is 91.1 Å². The first-order valence-corrected chi connectivity index (χ1v) is 10.8. The van der Waals surface area contributed by atoms with Crippen LogP contribution < -0.4 is 0 Å². The van der Waals surface area contributed by atoms with Crippen molar-refractivity contribution in [2.24, 2.45) is 0 Å². The van der Waals surface area contributed by atoms with E-state index in [1.165, 1.54) is 30.3 Å². The van der Waals surface area contributed by atoms with Gasteiger partial charge >= 0.3 is 5.97 Å². The number of aromatic nitrogens is 2. The first-order chi connectivity index (χ1) is 16.9. The monoisotopic (exact) mass is 487 g/mol. The van der Waals surface area contributed by atoms with Gasteiger partial charge in [0.2, 0.25) is 0 Å². The van der Waals surface area contributed by atoms with Crippen LogP contribution in [0.2, 0.25) is 5.02 Å². The van der Waals surface area contributed by atoms with Crippen LogP contribution in [0.3, 0.4) is 0 Å². The molecule has 0 N–H and O–H groups in total. The molecule has 0 aliphatic heterocycles. The number of ketones is 1. The molecule has 0 aliphatic rings. The van der Waals surface area contributed by atoms with Crippen LogP contribution in [0.1, 0.15) is 15.9 Å². The normalized spacial score (nSPS) is 10.9. The van der Waals surface area contributed by atoms with E-state index in [-0.39, 0.29) is 11.3 Å². The Hall–Kier alpha value is -4.56. The molecule has 9 heteroatoms. The summed E-state index contributed by atoms with van der Waals surface area (Å²) in [6.45, 7) is -0.495. The van der Waals surface area contributed by atoms with Gasteiger partial charge in [-0.1, -0.05) is 41.9 Å². The molecule has 8 nitrogen and oxygen atoms in total. The third-order valence-corrected chi connectivity index (χ3v) is 5.24. The highest BCUT2D eigenvalue weighted by Gasteiger charge is 2.13. The number of nitrogens with zero attached hydrogens (tertiary/aromatic N) is 3. The Morgan fingerprint density at radius 2 is 1.77 bits per heavy atom. The molecule has 0 saturated carbocycles. The van der Waals surface area contributed by atoms with Crippen molar-refractivity contribution < 1.29 is 19.2 Å². The van der Waals surface area contributed by atoms with E-state index >= 15 is 0 Å². The summed E-state index contributed by atoms with van der Waals surface area (Å²) in [7, 11) is 0. The third kappa shape index (κ3) is 5.87. The summed E-state index contributed by atoms with van der Waals surface area (Å²) in [6, 6.07) is 21.8. The number of benzene rings is 3. The maximum atomic E-state index is 12.3. The van der Waals surface area contributed by atoms with Crippen molar-refractivity contribution in [1.29, 1.82) is 0 Å². The van der Waals surface area contributed by atoms with Gasteiger partial charge in [0.25, 0.3) is 5.69 Å². The molecule has 0 unspecified atom stereocenters. The fraction of sp³-hybridized carbons (Fsp3) is 0.0385. The van der Waals surface area contributed by atoms with Crippen LogP contribution >= 0.6 is 11.6 Å². The zero-order valence-electron chi connectivity index (χ0n) is 18.2. The Labute approximate surface area is 205 Å². The number of hydrogen-bond donors (Lipinski definition) is 0. The fourth-order valence-electron chi connectivity index (χ4n) is 3.28. The molecule has 35 heavy (non-hydrogen) atoms. The number of esters is 1. The van der Waals surface area contributed by atoms with E-state index in [0.29, 0.717) is 16.3 Å². The van der Waals surface area contributed by atoms with Crippen molar-refractivity contribution in [3.05, 3.63) is 117 Å². The molecule has 0 amide bonds. The van der Waals surface area contributed by atoms with Gasteiger partial charge in [-0.15, -0.1) is 0 Å². The number of nitro benzene ring substituents is 1. The highest BCUT2D eigenvalue weighted by Crippen LogP contribution is 2.27. The van der Waals surface area contributed by atoms with Crippen LogP contribution in [0.25, 0.3) is 23.0 Å². The van der Waals surface area contributed by atoms with Crippen molar-refractivity contribution in [3.8, 4) is 16.9 Å². The maximum absolute atomic E-state index is 12.3. The lowest BCUT2D eigenvalue weighted by Gasteiger charge is -2.02. The van der Waals surface area contributed by atoms with Gasteiger partial charge in [0.15, 0.2) is 12.4 Å². The largest absolute Gasteiger partial charge is 0.454 e. The number of carbonyl (C=O) groups excluding carboxylic acids is 2. The highest BCUT2D eigenvalue weighted by atomic mass is 35.5. The first-order valence-electron chi connectivity index (χ1n) is 10.4. The van der Waals surface area contributed by atoms with E-state index in [1.54, 1.807) is 29.1 Å². The number of ether oxygens (including phenoxy) is 1. The SMILES string of the molecule is O=C(/C=C/c1cn(-c2ccccc2)nc1-c1cccc(Cl)c1)OCC(=O)c1ccc([N+](=O)[O-])cc1. The maximum Gasteiger partial charge on any atom is 0.331 e. The van der Waals surface area contributed by atoms with Gasteiger partial charge in [0.05, 0.1) is 10.6 Å². The second-order valence-electron chi connectivity index (χ2n) is 7.39. The Bertz CT molecular complexity index is 1410. The van der Waals surface area contributed by atoms with Crippen molar-refractivity contribution >= 4 is 35.1 Å². The van der Waals surface area contributed by atoms with Gasteiger partial charge in [-0.25, -0.2) is 9.48 Å². The Morgan fingerprint density at radius 1 is 1.03 bits per heavy atom. The summed E-state index contributed by atoms with van der Waals surface area (Å²) < 4.78 is 6.75. The average Bonchev–Trinajstić information content (AvgIpc) is 3.31. The number of carbonyl (C=O) groups is 2. The molecule has 1 aromatic heterocycles. The topological polar surface area (TPSA) is 104 Å². The first kappa shape index (κ1) is 23.6. The smallest absolute Gasteiger partial charge is 0.331 e. The molecule has 0 atom stereocenters. The van der Waals surface area contributed by atoms with Crippen LogP contribution in [0, 0.1) is 10.1 Å². The predicted octanol–water partition coefficient (Wildman–Crippen LogP) is 5.54. The van der Waals surface area contributed by atoms with Crippen LogP contribution in [-0.4, -0.2) is 33.1 Å². The molecule has 0 radical (unpaired) electrons. The van der Waals surface area contributed by atoms with Crippen LogP contribution in [0.4, 0.5) is 5.69 Å². The second-order valence-corrected chi connectivity index (χ2v) is 7.83. The number of hydrogen-bond acceptors (Lipinski definition) is 6. The standard InChI is InChI=1S/C26H18ClN3O5/c27-21-6-4-5-19(15-21)26-20(16-29(28-26)22-7-2-1-3-8-22)11-14-25(32)35-17-24(31)18-9-12-23(13-10-18)30(33)34/h1-16H,17H2/b14-11+. The minimum atomic E-state index is -0.718. The van der Waals surface area contributed by atoms with E-state index in [9.17, 15) is 19.7 Å². The molecular weight excluding hydrogens is 470 g/mol. The van der Waals surface area contributed by atoms with E-state index in [1.807, 2.05) is 42.5 Å². The Morgan fingerprint density at radius 3 is 2.46 bits per heavy atom. The van der Waals surface area contributed by atoms with Gasteiger partial charge in [0.1, 0.15) is 5.69 Å². The zero-order chi connectivity index (χ0) is 24.8. The molecule has 0 fully saturated rings. The van der Waals surface area contributed by atoms with Gasteiger partial charge in [0, 0.05) is 46.1 Å². The molecule has 1 heterocycles. The van der Waals surface area contributed by atoms with Crippen LogP contribution in [-0.2, 0) is 9.53 Å². The Balaban J connectivity index is 1.50. The highest BCUT2D eigenvalue weighted by molar-refractivity contribution is 6.30. The van der Waals surface area contributed by atoms with Crippen LogP contribution in [0.5, 0.6) is 0 Å². The molecule has 0 saturated heterocycles. The van der Waals surface area contributed by atoms with E-state index in [4.69, 9.17) is 16.3 Å². The quantitative estimate of drug-likeness (QED) is 0.106. The summed E-state index contributed by atoms with van der Waals surface area (Å²) in [6.07, 6.45) is 4.54. The lowest BCUT2D eigenvalue weighted by molar-refractivity contribution is -0.384. The fourth-order valence-corrected chi connectivity index (χ4v) is 3.47. The number of rotatable bonds is 8. The molecular formula is C26H18ClN3O5. The summed E-state index contributed by atoms with van der Waals surface area (Å²) in [5.74, 6) is -1.19. The minimum Gasteiger partial charge on any atom is -0.454 e. The zero-order valence-corrected chi connectivity index (χ0v) is 19.0. The molecule has 174 valence electrons. The van der Waals surface area contributed by atoms with E-state index < -0.39 is 23.3 Å². The second kappa shape index (κ2) is 10.6. The Kier molecular flexibility index (Phi) is 7.13. The summed E-state index contributed by atoms with van der Waals surface area (Å²) >= 11 is 6.15. The lowest BCUT2D eigenvalue weighted by Crippen LogP contribution is -2.12. The summed E-state index contributed by atoms with van der Waals surface area (Å²) in [5.41, 5.74) is 2.95. The minimum absolute atomic E-state index is 0.131. The van der Waals surface area contributed by atoms with Gasteiger partial charge < -0.3 is 4.74 Å². The molecule has 0 aliphatic carbocycles. The van der Waals surface area contributed by atoms with E-state index in [0.717, 1.165) is 11.3 Å². The van der Waals surface area contributed by atoms with Crippen molar-refractivity contribution in [1.82, 2.24) is 9.78 Å². The summed E-state index contributed by atoms with van der Waals surface area (Å²) in [4.78, 5) is 34.7. The molecule has 0 bridgehead atoms. The molecule has 4 rings (SSSR count). The lowest BCUT2D eigenvalue weighted by atomic mass is 10.1. The number of halogens is 1. The van der Waals surface area contributed by atoms with Gasteiger partial charge in [-0.3, -0.25) is 14.9 Å². The molecule has 3 aromatic carbocycles. The number of non-ortho nitro benzene ring substituents is 1. The number of Topliss-reactive ketones (excluding diaryl/α,β-unsaturated/α-hetero) is 1. The summed E-state index contributed by atoms with van der Waals surface area (Å²) in [5, 5.41) is 15.9. The van der Waals surface area contributed by atoms with Crippen molar-refractivity contribution in [2.75, 3.05) is 6.61 Å². The predicted molar refractivity (Wildman–Crippen MR) is 131 cm³/mol. The van der Waals surface area contributed by atoms with Gasteiger partial charge in [-0.2, -0.15) is 5.10 Å². The van der Waals surface area contributed by atoms with Crippen molar-refractivity contribution in [3.63, 3.8) is 0 Å².